The summed E-state index contributed by atoms with van der Waals surface area (Å²) in [6.07, 6.45) is 1.37. The molecular weight excluding hydrogens is 238 g/mol. The van der Waals surface area contributed by atoms with E-state index in [-0.39, 0.29) is 5.41 Å². The minimum Gasteiger partial charge on any atom is -0.481 e. The highest BCUT2D eigenvalue weighted by molar-refractivity contribution is 5.79. The van der Waals surface area contributed by atoms with E-state index < -0.39 is 17.4 Å². The molecule has 1 aromatic carbocycles. The molecule has 2 rings (SSSR count). The third-order valence-corrected chi connectivity index (χ3v) is 4.28. The van der Waals surface area contributed by atoms with Crippen molar-refractivity contribution >= 4 is 5.97 Å². The average molecular weight is 261 g/mol. The summed E-state index contributed by atoms with van der Waals surface area (Å²) in [4.78, 5) is 11.4. The second-order valence-corrected chi connectivity index (χ2v) is 6.76. The minimum absolute atomic E-state index is 0.0947. The van der Waals surface area contributed by atoms with Crippen LogP contribution < -0.4 is 5.73 Å². The van der Waals surface area contributed by atoms with Gasteiger partial charge in [0.05, 0.1) is 5.41 Å². The highest BCUT2D eigenvalue weighted by Crippen LogP contribution is 2.54. The van der Waals surface area contributed by atoms with E-state index >= 15 is 0 Å². The van der Waals surface area contributed by atoms with Crippen LogP contribution in [0.1, 0.15) is 56.3 Å². The first-order valence-electron chi connectivity index (χ1n) is 6.78. The molecule has 0 bridgehead atoms. The molecule has 3 nitrogen and oxygen atoms in total. The lowest BCUT2D eigenvalue weighted by atomic mass is 9.82. The second kappa shape index (κ2) is 4.34. The van der Waals surface area contributed by atoms with Crippen LogP contribution in [0.5, 0.6) is 0 Å². The topological polar surface area (TPSA) is 63.3 Å². The Morgan fingerprint density at radius 3 is 2.32 bits per heavy atom. The van der Waals surface area contributed by atoms with Gasteiger partial charge in [-0.1, -0.05) is 39.0 Å². The van der Waals surface area contributed by atoms with Gasteiger partial charge in [0.25, 0.3) is 0 Å². The summed E-state index contributed by atoms with van der Waals surface area (Å²) in [6, 6.07) is 5.80. The zero-order valence-electron chi connectivity index (χ0n) is 12.2. The molecule has 3 N–H and O–H groups in total. The van der Waals surface area contributed by atoms with Gasteiger partial charge >= 0.3 is 5.97 Å². The van der Waals surface area contributed by atoms with Crippen LogP contribution in [0.25, 0.3) is 0 Å². The summed E-state index contributed by atoms with van der Waals surface area (Å²) in [7, 11) is 0. The van der Waals surface area contributed by atoms with Gasteiger partial charge in [0, 0.05) is 6.04 Å². The largest absolute Gasteiger partial charge is 0.481 e. The van der Waals surface area contributed by atoms with E-state index in [1.807, 2.05) is 13.0 Å². The van der Waals surface area contributed by atoms with Crippen molar-refractivity contribution in [3.05, 3.63) is 34.9 Å². The fraction of sp³-hybridized carbons (Fsp3) is 0.562. The van der Waals surface area contributed by atoms with Gasteiger partial charge in [0.15, 0.2) is 0 Å². The van der Waals surface area contributed by atoms with Crippen LogP contribution in [0, 0.1) is 12.3 Å². The fourth-order valence-electron chi connectivity index (χ4n) is 2.58. The molecule has 0 heterocycles. The zero-order valence-corrected chi connectivity index (χ0v) is 12.2. The number of carboxylic acid groups (broad SMARTS) is 1. The number of carbonyl (C=O) groups is 1. The number of nitrogens with two attached hydrogens (primary N) is 1. The maximum atomic E-state index is 11.4. The number of rotatable bonds is 3. The van der Waals surface area contributed by atoms with Gasteiger partial charge in [0.1, 0.15) is 0 Å². The van der Waals surface area contributed by atoms with Crippen molar-refractivity contribution in [2.24, 2.45) is 11.1 Å². The maximum absolute atomic E-state index is 11.4. The van der Waals surface area contributed by atoms with E-state index in [2.05, 4.69) is 32.9 Å². The predicted molar refractivity (Wildman–Crippen MR) is 76.1 cm³/mol. The monoisotopic (exact) mass is 261 g/mol. The van der Waals surface area contributed by atoms with E-state index in [0.717, 1.165) is 11.1 Å². The maximum Gasteiger partial charge on any atom is 0.311 e. The summed E-state index contributed by atoms with van der Waals surface area (Å²) in [5, 5.41) is 9.33. The van der Waals surface area contributed by atoms with Crippen molar-refractivity contribution in [3.8, 4) is 0 Å². The third kappa shape index (κ3) is 2.39. The van der Waals surface area contributed by atoms with Crippen molar-refractivity contribution in [1.29, 1.82) is 0 Å². The van der Waals surface area contributed by atoms with Crippen molar-refractivity contribution in [1.82, 2.24) is 0 Å². The van der Waals surface area contributed by atoms with Crippen LogP contribution in [0.4, 0.5) is 0 Å². The number of carboxylic acids is 1. The molecule has 1 aromatic rings. The molecule has 0 aliphatic heterocycles. The smallest absolute Gasteiger partial charge is 0.311 e. The van der Waals surface area contributed by atoms with E-state index in [1.54, 1.807) is 0 Å². The SMILES string of the molecule is Cc1cc(C(C)(C)C)ccc1C(N)C1(C(=O)O)CC1. The number of hydrogen-bond donors (Lipinski definition) is 2. The average Bonchev–Trinajstić information content (AvgIpc) is 3.07. The first-order chi connectivity index (χ1) is 8.68. The van der Waals surface area contributed by atoms with Crippen LogP contribution in [-0.4, -0.2) is 11.1 Å². The highest BCUT2D eigenvalue weighted by Gasteiger charge is 2.55. The Bertz CT molecular complexity index is 510. The first-order valence-corrected chi connectivity index (χ1v) is 6.78. The molecule has 1 unspecified atom stereocenters. The van der Waals surface area contributed by atoms with Crippen molar-refractivity contribution < 1.29 is 9.90 Å². The van der Waals surface area contributed by atoms with Crippen molar-refractivity contribution in [2.75, 3.05) is 0 Å². The summed E-state index contributed by atoms with van der Waals surface area (Å²) >= 11 is 0. The van der Waals surface area contributed by atoms with Gasteiger partial charge < -0.3 is 10.8 Å². The van der Waals surface area contributed by atoms with Crippen LogP contribution in [-0.2, 0) is 10.2 Å². The summed E-state index contributed by atoms with van der Waals surface area (Å²) in [5.74, 6) is -0.765. The van der Waals surface area contributed by atoms with Crippen LogP contribution in [0.3, 0.4) is 0 Å². The Morgan fingerprint density at radius 2 is 1.95 bits per heavy atom. The van der Waals surface area contributed by atoms with Crippen LogP contribution >= 0.6 is 0 Å². The molecule has 0 radical (unpaired) electrons. The lowest BCUT2D eigenvalue weighted by molar-refractivity contribution is -0.144. The molecule has 1 saturated carbocycles. The first kappa shape index (κ1) is 14.1. The molecule has 0 amide bonds. The van der Waals surface area contributed by atoms with Gasteiger partial charge in [0.2, 0.25) is 0 Å². The van der Waals surface area contributed by atoms with Gasteiger partial charge in [-0.25, -0.2) is 0 Å². The normalized spacial score (nSPS) is 19.0. The Labute approximate surface area is 114 Å². The molecule has 19 heavy (non-hydrogen) atoms. The van der Waals surface area contributed by atoms with Gasteiger partial charge in [-0.3, -0.25) is 4.79 Å². The van der Waals surface area contributed by atoms with E-state index in [9.17, 15) is 9.90 Å². The quantitative estimate of drug-likeness (QED) is 0.878. The molecule has 1 fully saturated rings. The molecule has 1 aliphatic carbocycles. The fourth-order valence-corrected chi connectivity index (χ4v) is 2.58. The number of hydrogen-bond acceptors (Lipinski definition) is 2. The molecule has 0 saturated heterocycles. The number of aryl methyl sites for hydroxylation is 1. The van der Waals surface area contributed by atoms with Gasteiger partial charge in [-0.05, 0) is 41.9 Å². The molecular formula is C16H23NO2. The summed E-state index contributed by atoms with van der Waals surface area (Å²) in [5.41, 5.74) is 8.89. The summed E-state index contributed by atoms with van der Waals surface area (Å²) in [6.45, 7) is 8.52. The Kier molecular flexibility index (Phi) is 3.21. The number of benzene rings is 1. The minimum atomic E-state index is -0.765. The standard InChI is InChI=1S/C16H23NO2/c1-10-9-11(15(2,3)4)5-6-12(10)13(17)16(7-8-16)14(18)19/h5-6,9,13H,7-8,17H2,1-4H3,(H,18,19). The molecule has 1 atom stereocenters. The van der Waals surface area contributed by atoms with Crippen LogP contribution in [0.2, 0.25) is 0 Å². The molecule has 1 aliphatic rings. The van der Waals surface area contributed by atoms with Crippen molar-refractivity contribution in [3.63, 3.8) is 0 Å². The Morgan fingerprint density at radius 1 is 1.37 bits per heavy atom. The lowest BCUT2D eigenvalue weighted by Gasteiger charge is -2.25. The third-order valence-electron chi connectivity index (χ3n) is 4.28. The lowest BCUT2D eigenvalue weighted by Crippen LogP contribution is -2.30. The van der Waals surface area contributed by atoms with E-state index in [0.29, 0.717) is 12.8 Å². The van der Waals surface area contributed by atoms with Gasteiger partial charge in [-0.2, -0.15) is 0 Å². The van der Waals surface area contributed by atoms with Crippen LogP contribution in [0.15, 0.2) is 18.2 Å². The van der Waals surface area contributed by atoms with Gasteiger partial charge in [-0.15, -0.1) is 0 Å². The number of aliphatic carboxylic acids is 1. The molecule has 104 valence electrons. The highest BCUT2D eigenvalue weighted by atomic mass is 16.4. The zero-order chi connectivity index (χ0) is 14.4. The Balaban J connectivity index is 2.35. The second-order valence-electron chi connectivity index (χ2n) is 6.76. The molecule has 3 heteroatoms. The molecule has 0 aromatic heterocycles. The predicted octanol–water partition coefficient (Wildman–Crippen LogP) is 3.16. The molecule has 0 spiro atoms. The van der Waals surface area contributed by atoms with Crippen molar-refractivity contribution in [2.45, 2.75) is 52.0 Å². The van der Waals surface area contributed by atoms with E-state index in [1.165, 1.54) is 5.56 Å². The van der Waals surface area contributed by atoms with E-state index in [4.69, 9.17) is 5.73 Å². The Hall–Kier alpha value is -1.35. The summed E-state index contributed by atoms with van der Waals surface area (Å²) < 4.78 is 0.